The van der Waals surface area contributed by atoms with Crippen molar-refractivity contribution in [2.45, 2.75) is 13.0 Å². The Kier molecular flexibility index (Phi) is 7.95. The maximum Gasteiger partial charge on any atom is 0.191 e. The van der Waals surface area contributed by atoms with Gasteiger partial charge in [-0.05, 0) is 30.2 Å². The highest BCUT2D eigenvalue weighted by Crippen LogP contribution is 2.22. The van der Waals surface area contributed by atoms with Crippen molar-refractivity contribution in [1.29, 1.82) is 0 Å². The van der Waals surface area contributed by atoms with Gasteiger partial charge in [-0.25, -0.2) is 4.98 Å². The molecule has 1 fully saturated rings. The summed E-state index contributed by atoms with van der Waals surface area (Å²) < 4.78 is 10.6. The van der Waals surface area contributed by atoms with Gasteiger partial charge in [0.15, 0.2) is 5.96 Å². The van der Waals surface area contributed by atoms with Crippen molar-refractivity contribution in [2.24, 2.45) is 4.99 Å². The van der Waals surface area contributed by atoms with E-state index < -0.39 is 0 Å². The van der Waals surface area contributed by atoms with Gasteiger partial charge in [-0.15, -0.1) is 0 Å². The molecule has 156 valence electrons. The average molecular weight is 418 g/mol. The number of pyridine rings is 1. The Morgan fingerprint density at radius 1 is 1.24 bits per heavy atom. The van der Waals surface area contributed by atoms with E-state index >= 15 is 0 Å². The summed E-state index contributed by atoms with van der Waals surface area (Å²) in [6.45, 7) is 4.55. The standard InChI is InChI=1S/C21H28ClN5O2/c1-23-21(25-9-7-16-5-6-18(28-2)14-19(16)22)26-15-17-4-3-8-24-20(17)27-10-12-29-13-11-27/h3-6,8,14H,7,9-13,15H2,1-2H3,(H2,23,25,26). The number of aliphatic imine (C=N–C) groups is 1. The molecule has 0 unspecified atom stereocenters. The van der Waals surface area contributed by atoms with Gasteiger partial charge in [-0.2, -0.15) is 0 Å². The first-order valence-electron chi connectivity index (χ1n) is 9.74. The molecular formula is C21H28ClN5O2. The topological polar surface area (TPSA) is 71.0 Å². The van der Waals surface area contributed by atoms with Gasteiger partial charge in [0.25, 0.3) is 0 Å². The van der Waals surface area contributed by atoms with E-state index in [1.54, 1.807) is 14.2 Å². The second-order valence-corrected chi connectivity index (χ2v) is 7.05. The summed E-state index contributed by atoms with van der Waals surface area (Å²) in [5.41, 5.74) is 2.20. The first kappa shape index (κ1) is 21.2. The summed E-state index contributed by atoms with van der Waals surface area (Å²) >= 11 is 6.32. The second kappa shape index (κ2) is 10.9. The number of rotatable bonds is 7. The van der Waals surface area contributed by atoms with E-state index in [0.29, 0.717) is 11.6 Å². The van der Waals surface area contributed by atoms with Crippen LogP contribution in [0.2, 0.25) is 5.02 Å². The molecule has 1 saturated heterocycles. The molecule has 1 aromatic heterocycles. The number of benzene rings is 1. The highest BCUT2D eigenvalue weighted by Gasteiger charge is 2.15. The van der Waals surface area contributed by atoms with E-state index in [0.717, 1.165) is 67.9 Å². The van der Waals surface area contributed by atoms with Crippen molar-refractivity contribution >= 4 is 23.4 Å². The monoisotopic (exact) mass is 417 g/mol. The molecule has 0 bridgehead atoms. The van der Waals surface area contributed by atoms with Crippen molar-refractivity contribution in [3.63, 3.8) is 0 Å². The molecule has 1 aliphatic heterocycles. The lowest BCUT2D eigenvalue weighted by Gasteiger charge is -2.29. The van der Waals surface area contributed by atoms with Gasteiger partial charge in [0, 0.05) is 50.0 Å². The van der Waals surface area contributed by atoms with Gasteiger partial charge in [-0.1, -0.05) is 23.7 Å². The lowest BCUT2D eigenvalue weighted by atomic mass is 10.1. The summed E-state index contributed by atoms with van der Waals surface area (Å²) in [5.74, 6) is 2.51. The molecule has 7 nitrogen and oxygen atoms in total. The first-order valence-corrected chi connectivity index (χ1v) is 10.1. The summed E-state index contributed by atoms with van der Waals surface area (Å²) in [4.78, 5) is 11.2. The predicted molar refractivity (Wildman–Crippen MR) is 117 cm³/mol. The molecule has 2 aromatic rings. The molecule has 0 aliphatic carbocycles. The molecule has 0 spiro atoms. The largest absolute Gasteiger partial charge is 0.497 e. The third-order valence-electron chi connectivity index (χ3n) is 4.80. The highest BCUT2D eigenvalue weighted by atomic mass is 35.5. The van der Waals surface area contributed by atoms with Crippen LogP contribution >= 0.6 is 11.6 Å². The average Bonchev–Trinajstić information content (AvgIpc) is 2.77. The van der Waals surface area contributed by atoms with Gasteiger partial charge in [0.2, 0.25) is 0 Å². The molecule has 2 heterocycles. The number of methoxy groups -OCH3 is 1. The van der Waals surface area contributed by atoms with Crippen molar-refractivity contribution in [2.75, 3.05) is 51.9 Å². The molecular weight excluding hydrogens is 390 g/mol. The third kappa shape index (κ3) is 5.98. The van der Waals surface area contributed by atoms with Crippen molar-refractivity contribution < 1.29 is 9.47 Å². The zero-order valence-electron chi connectivity index (χ0n) is 16.9. The van der Waals surface area contributed by atoms with Crippen LogP contribution in [0.25, 0.3) is 0 Å². The van der Waals surface area contributed by atoms with Crippen LogP contribution in [-0.4, -0.2) is 57.9 Å². The molecule has 3 rings (SSSR count). The van der Waals surface area contributed by atoms with Gasteiger partial charge in [0.05, 0.1) is 20.3 Å². The number of hydrogen-bond donors (Lipinski definition) is 2. The molecule has 0 saturated carbocycles. The number of anilines is 1. The molecule has 0 atom stereocenters. The van der Waals surface area contributed by atoms with Crippen molar-refractivity contribution in [1.82, 2.24) is 15.6 Å². The number of hydrogen-bond acceptors (Lipinski definition) is 5. The fraction of sp³-hybridized carbons (Fsp3) is 0.429. The maximum absolute atomic E-state index is 6.32. The van der Waals surface area contributed by atoms with Crippen LogP contribution in [-0.2, 0) is 17.7 Å². The van der Waals surface area contributed by atoms with Gasteiger partial charge < -0.3 is 25.0 Å². The summed E-state index contributed by atoms with van der Waals surface area (Å²) in [6, 6.07) is 9.80. The van der Waals surface area contributed by atoms with Crippen LogP contribution in [0.1, 0.15) is 11.1 Å². The smallest absolute Gasteiger partial charge is 0.191 e. The zero-order chi connectivity index (χ0) is 20.5. The molecule has 0 amide bonds. The lowest BCUT2D eigenvalue weighted by molar-refractivity contribution is 0.122. The Labute approximate surface area is 177 Å². The lowest BCUT2D eigenvalue weighted by Crippen LogP contribution is -2.40. The molecule has 8 heteroatoms. The van der Waals surface area contributed by atoms with E-state index in [-0.39, 0.29) is 0 Å². The van der Waals surface area contributed by atoms with Crippen LogP contribution in [0, 0.1) is 0 Å². The minimum atomic E-state index is 0.642. The third-order valence-corrected chi connectivity index (χ3v) is 5.15. The maximum atomic E-state index is 6.32. The Morgan fingerprint density at radius 3 is 2.79 bits per heavy atom. The molecule has 29 heavy (non-hydrogen) atoms. The van der Waals surface area contributed by atoms with Crippen LogP contribution < -0.4 is 20.3 Å². The summed E-state index contributed by atoms with van der Waals surface area (Å²) in [6.07, 6.45) is 2.62. The van der Waals surface area contributed by atoms with E-state index in [2.05, 4.69) is 31.6 Å². The van der Waals surface area contributed by atoms with E-state index in [9.17, 15) is 0 Å². The predicted octanol–water partition coefficient (Wildman–Crippen LogP) is 2.49. The molecule has 1 aromatic carbocycles. The fourth-order valence-corrected chi connectivity index (χ4v) is 3.47. The van der Waals surface area contributed by atoms with E-state index in [4.69, 9.17) is 21.1 Å². The number of nitrogens with zero attached hydrogens (tertiary/aromatic N) is 3. The first-order chi connectivity index (χ1) is 14.2. The Balaban J connectivity index is 1.52. The van der Waals surface area contributed by atoms with Crippen LogP contribution in [0.5, 0.6) is 5.75 Å². The zero-order valence-corrected chi connectivity index (χ0v) is 17.7. The van der Waals surface area contributed by atoms with Crippen LogP contribution in [0.4, 0.5) is 5.82 Å². The number of aromatic nitrogens is 1. The quantitative estimate of drug-likeness (QED) is 0.532. The number of nitrogens with one attached hydrogen (secondary N) is 2. The highest BCUT2D eigenvalue weighted by molar-refractivity contribution is 6.31. The van der Waals surface area contributed by atoms with Crippen LogP contribution in [0.3, 0.4) is 0 Å². The van der Waals surface area contributed by atoms with Crippen LogP contribution in [0.15, 0.2) is 41.5 Å². The number of ether oxygens (including phenoxy) is 2. The molecule has 0 radical (unpaired) electrons. The van der Waals surface area contributed by atoms with Gasteiger partial charge in [-0.3, -0.25) is 4.99 Å². The summed E-state index contributed by atoms with van der Waals surface area (Å²) in [5, 5.41) is 7.42. The Hall–Kier alpha value is -2.51. The number of halogens is 1. The minimum absolute atomic E-state index is 0.642. The fourth-order valence-electron chi connectivity index (χ4n) is 3.20. The molecule has 1 aliphatic rings. The van der Waals surface area contributed by atoms with E-state index in [1.165, 1.54) is 0 Å². The number of guanidine groups is 1. The SMILES string of the molecule is CN=C(NCCc1ccc(OC)cc1Cl)NCc1cccnc1N1CCOCC1. The van der Waals surface area contributed by atoms with Crippen molar-refractivity contribution in [3.05, 3.63) is 52.7 Å². The van der Waals surface area contributed by atoms with Crippen molar-refractivity contribution in [3.8, 4) is 5.75 Å². The van der Waals surface area contributed by atoms with Gasteiger partial charge >= 0.3 is 0 Å². The summed E-state index contributed by atoms with van der Waals surface area (Å²) in [7, 11) is 3.40. The van der Waals surface area contributed by atoms with Gasteiger partial charge in [0.1, 0.15) is 11.6 Å². The number of morpholine rings is 1. The Morgan fingerprint density at radius 2 is 2.07 bits per heavy atom. The Bertz CT molecular complexity index is 824. The second-order valence-electron chi connectivity index (χ2n) is 6.65. The minimum Gasteiger partial charge on any atom is -0.497 e. The normalized spacial score (nSPS) is 14.6. The van der Waals surface area contributed by atoms with E-state index in [1.807, 2.05) is 30.5 Å². The molecule has 2 N–H and O–H groups in total.